The van der Waals surface area contributed by atoms with Crippen LogP contribution in [0, 0.1) is 10.1 Å². The fourth-order valence-electron chi connectivity index (χ4n) is 6.07. The molecule has 24 heteroatoms. The monoisotopic (exact) mass is 902 g/mol. The van der Waals surface area contributed by atoms with Gasteiger partial charge < -0.3 is 63.8 Å². The number of hydrogen-bond donors (Lipinski definition) is 13. The number of nitro groups is 1. The van der Waals surface area contributed by atoms with Crippen LogP contribution in [0.4, 0.5) is 0 Å². The predicted octanol–water partition coefficient (Wildman–Crippen LogP) is -3.50. The van der Waals surface area contributed by atoms with E-state index in [9.17, 15) is 68.9 Å². The molecule has 2 aromatic rings. The molecule has 9 atom stereocenters. The highest BCUT2D eigenvalue weighted by Gasteiger charge is 2.36. The summed E-state index contributed by atoms with van der Waals surface area (Å²) in [7, 11) is 0. The van der Waals surface area contributed by atoms with Crippen LogP contribution in [-0.2, 0) is 51.2 Å². The fraction of sp³-hybridized carbons (Fsp3) is 0.500. The molecule has 0 saturated carbocycles. The maximum atomic E-state index is 13.6. The second-order valence-corrected chi connectivity index (χ2v) is 15.0. The number of phenolic OH excluding ortho intramolecular Hbond substituents is 1. The third-order valence-corrected chi connectivity index (χ3v) is 9.62. The van der Waals surface area contributed by atoms with Gasteiger partial charge in [0.2, 0.25) is 41.4 Å². The smallest absolute Gasteiger partial charge is 0.326 e. The summed E-state index contributed by atoms with van der Waals surface area (Å²) in [5, 5.41) is 64.6. The van der Waals surface area contributed by atoms with E-state index in [4.69, 9.17) is 11.5 Å². The number of hydrogen-bond acceptors (Lipinski definition) is 14. The largest absolute Gasteiger partial charge is 0.508 e. The summed E-state index contributed by atoms with van der Waals surface area (Å²) < 4.78 is 0. The van der Waals surface area contributed by atoms with Crippen LogP contribution < -0.4 is 48.8 Å². The number of unbranched alkanes of at least 4 members (excludes halogenated alkanes) is 1. The average molecular weight is 903 g/mol. The number of nitrogens with one attached hydrogen (secondary N) is 7. The molecule has 2 aromatic carbocycles. The number of primary amides is 1. The summed E-state index contributed by atoms with van der Waals surface area (Å²) in [5.74, 6) is -8.64. The number of carboxylic acid groups (broad SMARTS) is 1. The van der Waals surface area contributed by atoms with Gasteiger partial charge in [0.15, 0.2) is 11.1 Å². The number of nitrogens with zero attached hydrogens (tertiary/aromatic N) is 1. The van der Waals surface area contributed by atoms with Crippen LogP contribution in [0.15, 0.2) is 54.6 Å². The molecule has 0 spiro atoms. The van der Waals surface area contributed by atoms with Crippen molar-refractivity contribution in [3.05, 3.63) is 75.8 Å². The van der Waals surface area contributed by atoms with Crippen molar-refractivity contribution in [3.8, 4) is 5.75 Å². The number of carbonyl (C=O) groups excluding carboxylic acids is 7. The minimum absolute atomic E-state index is 0.0550. The van der Waals surface area contributed by atoms with Gasteiger partial charge in [-0.2, -0.15) is 0 Å². The van der Waals surface area contributed by atoms with Crippen LogP contribution in [0.3, 0.4) is 0 Å². The van der Waals surface area contributed by atoms with E-state index in [0.29, 0.717) is 30.5 Å². The van der Waals surface area contributed by atoms with E-state index in [-0.39, 0.29) is 25.0 Å². The summed E-state index contributed by atoms with van der Waals surface area (Å²) in [4.78, 5) is 115. The third-order valence-electron chi connectivity index (χ3n) is 9.62. The first-order chi connectivity index (χ1) is 30.1. The molecule has 0 heterocycles. The fourth-order valence-corrected chi connectivity index (χ4v) is 6.07. The molecule has 0 bridgehead atoms. The number of aliphatic hydroxyl groups excluding tert-OH is 2. The van der Waals surface area contributed by atoms with E-state index < -0.39 is 120 Å². The number of phenols is 1. The lowest BCUT2D eigenvalue weighted by molar-refractivity contribution is -0.548. The number of aliphatic hydroxyl groups is 2. The lowest BCUT2D eigenvalue weighted by atomic mass is 10.0. The van der Waals surface area contributed by atoms with Gasteiger partial charge in [0.1, 0.15) is 42.0 Å². The second-order valence-electron chi connectivity index (χ2n) is 15.0. The van der Waals surface area contributed by atoms with E-state index in [1.807, 2.05) is 5.43 Å². The van der Waals surface area contributed by atoms with Crippen LogP contribution in [0.25, 0.3) is 0 Å². The average Bonchev–Trinajstić information content (AvgIpc) is 3.22. The van der Waals surface area contributed by atoms with Crippen molar-refractivity contribution in [2.24, 2.45) is 11.5 Å². The molecule has 0 saturated heterocycles. The van der Waals surface area contributed by atoms with Gasteiger partial charge >= 0.3 is 5.97 Å². The minimum Gasteiger partial charge on any atom is -0.508 e. The zero-order valence-electron chi connectivity index (χ0n) is 35.5. The number of carboxylic acids is 1. The Morgan fingerprint density at radius 1 is 0.625 bits per heavy atom. The summed E-state index contributed by atoms with van der Waals surface area (Å²) in [5.41, 5.74) is 13.5. The molecule has 0 aliphatic heterocycles. The first-order valence-electron chi connectivity index (χ1n) is 20.2. The molecule has 0 aliphatic rings. The van der Waals surface area contributed by atoms with E-state index in [1.54, 1.807) is 30.3 Å². The maximum Gasteiger partial charge on any atom is 0.326 e. The summed E-state index contributed by atoms with van der Waals surface area (Å²) >= 11 is 0. The molecule has 0 aliphatic carbocycles. The number of carbonyl (C=O) groups is 8. The number of hydrazine groups is 1. The molecular formula is C40H58N10O14. The van der Waals surface area contributed by atoms with Crippen molar-refractivity contribution in [1.82, 2.24) is 37.3 Å². The first kappa shape index (κ1) is 53.2. The van der Waals surface area contributed by atoms with Crippen LogP contribution >= 0.6 is 0 Å². The predicted molar refractivity (Wildman–Crippen MR) is 225 cm³/mol. The van der Waals surface area contributed by atoms with E-state index in [2.05, 4.69) is 31.9 Å². The molecule has 2 rings (SSSR count). The maximum absolute atomic E-state index is 13.6. The van der Waals surface area contributed by atoms with Crippen molar-refractivity contribution in [3.63, 3.8) is 0 Å². The lowest BCUT2D eigenvalue weighted by Gasteiger charge is -2.28. The Bertz CT molecular complexity index is 1920. The minimum atomic E-state index is -1.82. The van der Waals surface area contributed by atoms with Crippen LogP contribution in [0.5, 0.6) is 5.75 Å². The first-order valence-corrected chi connectivity index (χ1v) is 20.2. The Morgan fingerprint density at radius 2 is 1.11 bits per heavy atom. The lowest BCUT2D eigenvalue weighted by Crippen LogP contribution is -2.62. The van der Waals surface area contributed by atoms with Gasteiger partial charge in [-0.15, -0.1) is 5.43 Å². The van der Waals surface area contributed by atoms with E-state index in [1.165, 1.54) is 31.2 Å². The molecule has 0 radical (unpaired) electrons. The van der Waals surface area contributed by atoms with Gasteiger partial charge in [0.05, 0.1) is 12.2 Å². The Balaban J connectivity index is 2.22. The highest BCUT2D eigenvalue weighted by molar-refractivity contribution is 5.97. The number of nitrogens with two attached hydrogens (primary N) is 2. The zero-order valence-corrected chi connectivity index (χ0v) is 35.5. The van der Waals surface area contributed by atoms with Crippen molar-refractivity contribution in [2.75, 3.05) is 6.54 Å². The van der Waals surface area contributed by atoms with Crippen molar-refractivity contribution >= 4 is 47.3 Å². The molecular weight excluding hydrogens is 844 g/mol. The Kier molecular flexibility index (Phi) is 22.1. The third kappa shape index (κ3) is 18.6. The molecule has 0 aromatic heterocycles. The highest BCUT2D eigenvalue weighted by Crippen LogP contribution is 2.13. The second kappa shape index (κ2) is 26.5. The number of rotatable bonds is 28. The Labute approximate surface area is 367 Å². The molecule has 24 nitrogen and oxygen atoms in total. The van der Waals surface area contributed by atoms with Crippen molar-refractivity contribution < 1.29 is 63.8 Å². The van der Waals surface area contributed by atoms with Crippen LogP contribution in [0.1, 0.15) is 64.0 Å². The van der Waals surface area contributed by atoms with Crippen molar-refractivity contribution in [1.29, 1.82) is 0 Å². The van der Waals surface area contributed by atoms with Gasteiger partial charge in [0.25, 0.3) is 0 Å². The van der Waals surface area contributed by atoms with E-state index >= 15 is 0 Å². The Morgan fingerprint density at radius 3 is 1.64 bits per heavy atom. The molecule has 0 fully saturated rings. The van der Waals surface area contributed by atoms with Gasteiger partial charge in [-0.3, -0.25) is 33.6 Å². The Hall–Kier alpha value is -6.92. The molecule has 7 amide bonds. The molecule has 15 N–H and O–H groups in total. The zero-order chi connectivity index (χ0) is 48.1. The normalized spacial score (nSPS) is 15.2. The van der Waals surface area contributed by atoms with Crippen molar-refractivity contribution in [2.45, 2.75) is 120 Å². The van der Waals surface area contributed by atoms with Crippen LogP contribution in [-0.4, -0.2) is 134 Å². The van der Waals surface area contributed by atoms with Crippen LogP contribution in [0.2, 0.25) is 0 Å². The molecule has 0 unspecified atom stereocenters. The summed E-state index contributed by atoms with van der Waals surface area (Å²) in [6.07, 6.45) is -3.62. The highest BCUT2D eigenvalue weighted by atomic mass is 16.7. The van der Waals surface area contributed by atoms with E-state index in [0.717, 1.165) is 13.8 Å². The summed E-state index contributed by atoms with van der Waals surface area (Å²) in [6.45, 7) is 3.74. The SMILES string of the molecule is C[C@H](NC(=O)[C@@H](NC(=O)[C@H](CCC(N)=O)NC(=O)[C@H](Cc1ccc(O)cc1)N[N+](=O)[O-])[C@@H](C)O)C(=O)N[C@H](C(=O)N[C@@H](Cc1ccccc1)C(=O)N[C@@H](CCCCN)C(=O)O)[C@@H](C)O. The number of amides is 7. The van der Waals surface area contributed by atoms with Gasteiger partial charge in [-0.05, 0) is 76.3 Å². The molecule has 64 heavy (non-hydrogen) atoms. The summed E-state index contributed by atoms with van der Waals surface area (Å²) in [6, 6.07) is 2.77. The number of benzene rings is 2. The quantitative estimate of drug-likeness (QED) is 0.0224. The van der Waals surface area contributed by atoms with Gasteiger partial charge in [-0.25, -0.2) is 14.9 Å². The van der Waals surface area contributed by atoms with Gasteiger partial charge in [0, 0.05) is 19.3 Å². The topological polar surface area (TPSA) is 397 Å². The molecule has 352 valence electrons. The van der Waals surface area contributed by atoms with Gasteiger partial charge in [-0.1, -0.05) is 42.5 Å². The standard InChI is InChI=1S/C40H58N10O14/c1-21(34(55)47-33(23(3)52)39(60)46-29(19-24-9-5-4-6-10-24)36(57)45-28(40(61)62)11-7-8-18-41)43-38(59)32(22(2)51)48-35(56)27(16-17-31(42)54)44-37(58)30(49-50(63)64)20-25-12-14-26(53)15-13-25/h4-6,9-10,12-15,21-23,27-30,32-33,49,51-53H,7-8,11,16-20,41H2,1-3H3,(H2,42,54)(H,43,59)(H,44,58)(H,45,57)(H,46,60)(H,47,55)(H,48,56)(H,61,62)/t21-,22+,23+,27-,28-,29-,30-,32-,33-/m0/s1. The number of aromatic hydroxyl groups is 1. The number of aliphatic carboxylic acids is 1.